The van der Waals surface area contributed by atoms with Gasteiger partial charge in [0.15, 0.2) is 0 Å². The molecular formula is C6H10N2O. The molecule has 0 aromatic rings. The fourth-order valence-electron chi connectivity index (χ4n) is 0.888. The van der Waals surface area contributed by atoms with Crippen molar-refractivity contribution in [3.63, 3.8) is 0 Å². The fourth-order valence-corrected chi connectivity index (χ4v) is 0.888. The minimum atomic E-state index is -0.0845. The Bertz CT molecular complexity index is 130. The Hall–Kier alpha value is -0.590. The Labute approximate surface area is 54.4 Å². The third-order valence-electron chi connectivity index (χ3n) is 1.58. The average Bonchev–Trinajstić information content (AvgIpc) is 1.89. The first-order valence-corrected chi connectivity index (χ1v) is 3.07. The minimum Gasteiger partial charge on any atom is -0.380 e. The van der Waals surface area contributed by atoms with Crippen LogP contribution < -0.4 is 5.73 Å². The molecule has 1 saturated heterocycles. The third-order valence-corrected chi connectivity index (χ3v) is 1.58. The van der Waals surface area contributed by atoms with E-state index in [4.69, 9.17) is 15.7 Å². The smallest absolute Gasteiger partial charge is 0.0848 e. The van der Waals surface area contributed by atoms with Crippen LogP contribution in [0.25, 0.3) is 0 Å². The average molecular weight is 126 g/mol. The molecule has 9 heavy (non-hydrogen) atoms. The topological polar surface area (TPSA) is 59.0 Å². The van der Waals surface area contributed by atoms with Crippen LogP contribution in [0.1, 0.15) is 6.42 Å². The zero-order chi connectivity index (χ0) is 6.69. The molecule has 1 aliphatic rings. The molecule has 0 saturated carbocycles. The number of nitrogens with two attached hydrogens (primary N) is 1. The summed E-state index contributed by atoms with van der Waals surface area (Å²) in [5.41, 5.74) is 5.59. The summed E-state index contributed by atoms with van der Waals surface area (Å²) in [6.45, 7) is 1.22. The first kappa shape index (κ1) is 6.53. The van der Waals surface area contributed by atoms with Crippen molar-refractivity contribution < 1.29 is 4.74 Å². The molecule has 50 valence electrons. The molecule has 0 amide bonds. The Morgan fingerprint density at radius 1 is 1.67 bits per heavy atom. The van der Waals surface area contributed by atoms with Crippen molar-refractivity contribution >= 4 is 0 Å². The van der Waals surface area contributed by atoms with Crippen LogP contribution in [0.15, 0.2) is 0 Å². The molecular weight excluding hydrogens is 116 g/mol. The van der Waals surface area contributed by atoms with Crippen LogP contribution in [0.5, 0.6) is 0 Å². The van der Waals surface area contributed by atoms with E-state index in [0.717, 1.165) is 6.42 Å². The van der Waals surface area contributed by atoms with Crippen molar-refractivity contribution in [2.45, 2.75) is 12.5 Å². The summed E-state index contributed by atoms with van der Waals surface area (Å²) < 4.78 is 5.04. The zero-order valence-corrected chi connectivity index (χ0v) is 5.21. The number of nitrogens with zero attached hydrogens (tertiary/aromatic N) is 1. The summed E-state index contributed by atoms with van der Waals surface area (Å²) in [6.07, 6.45) is 0.818. The fraction of sp³-hybridized carbons (Fsp3) is 0.833. The summed E-state index contributed by atoms with van der Waals surface area (Å²) in [5, 5.41) is 8.45. The van der Waals surface area contributed by atoms with E-state index in [1.807, 2.05) is 0 Å². The molecule has 1 heterocycles. The molecule has 1 fully saturated rings. The molecule has 0 aliphatic carbocycles. The minimum absolute atomic E-state index is 0.0312. The highest BCUT2D eigenvalue weighted by atomic mass is 16.5. The van der Waals surface area contributed by atoms with Gasteiger partial charge in [0.1, 0.15) is 0 Å². The van der Waals surface area contributed by atoms with E-state index in [0.29, 0.717) is 13.2 Å². The normalized spacial score (nSPS) is 35.6. The number of rotatable bonds is 0. The van der Waals surface area contributed by atoms with Crippen molar-refractivity contribution in [3.8, 4) is 6.07 Å². The molecule has 3 heteroatoms. The van der Waals surface area contributed by atoms with Gasteiger partial charge in [0.2, 0.25) is 0 Å². The molecule has 0 bridgehead atoms. The second-order valence-corrected chi connectivity index (χ2v) is 2.26. The van der Waals surface area contributed by atoms with Crippen molar-refractivity contribution in [2.75, 3.05) is 13.2 Å². The van der Waals surface area contributed by atoms with Crippen LogP contribution in [-0.2, 0) is 4.74 Å². The van der Waals surface area contributed by atoms with E-state index < -0.39 is 0 Å². The van der Waals surface area contributed by atoms with Gasteiger partial charge < -0.3 is 10.5 Å². The maximum atomic E-state index is 8.45. The van der Waals surface area contributed by atoms with Crippen LogP contribution in [-0.4, -0.2) is 19.3 Å². The Morgan fingerprint density at radius 3 is 2.89 bits per heavy atom. The van der Waals surface area contributed by atoms with Gasteiger partial charge in [-0.3, -0.25) is 0 Å². The van der Waals surface area contributed by atoms with Crippen LogP contribution in [0.4, 0.5) is 0 Å². The van der Waals surface area contributed by atoms with E-state index in [-0.39, 0.29) is 12.0 Å². The number of hydrogen-bond donors (Lipinski definition) is 1. The Morgan fingerprint density at radius 2 is 2.44 bits per heavy atom. The Kier molecular flexibility index (Phi) is 2.04. The van der Waals surface area contributed by atoms with Crippen molar-refractivity contribution in [1.29, 1.82) is 5.26 Å². The molecule has 0 spiro atoms. The lowest BCUT2D eigenvalue weighted by atomic mass is 9.99. The predicted molar refractivity (Wildman–Crippen MR) is 32.5 cm³/mol. The zero-order valence-electron chi connectivity index (χ0n) is 5.21. The van der Waals surface area contributed by atoms with Crippen LogP contribution in [0, 0.1) is 17.2 Å². The second-order valence-electron chi connectivity index (χ2n) is 2.26. The predicted octanol–water partition coefficient (Wildman–Crippen LogP) is -0.126. The van der Waals surface area contributed by atoms with Gasteiger partial charge in [-0.1, -0.05) is 0 Å². The molecule has 2 atom stereocenters. The van der Waals surface area contributed by atoms with E-state index >= 15 is 0 Å². The lowest BCUT2D eigenvalue weighted by Crippen LogP contribution is -2.37. The monoisotopic (exact) mass is 126 g/mol. The first-order chi connectivity index (χ1) is 4.34. The molecule has 0 aromatic heterocycles. The molecule has 0 aromatic carbocycles. The number of nitriles is 1. The standard InChI is InChI=1S/C6H10N2O/c7-3-5-4-9-2-1-6(5)8/h5-6H,1-2,4,8H2/t5-,6+/m0/s1. The highest BCUT2D eigenvalue weighted by Crippen LogP contribution is 2.10. The van der Waals surface area contributed by atoms with Gasteiger partial charge in [-0.25, -0.2) is 0 Å². The summed E-state index contributed by atoms with van der Waals surface area (Å²) in [6, 6.07) is 2.13. The van der Waals surface area contributed by atoms with Crippen LogP contribution >= 0.6 is 0 Å². The van der Waals surface area contributed by atoms with E-state index in [1.165, 1.54) is 0 Å². The Balaban J connectivity index is 2.41. The number of ether oxygens (including phenoxy) is 1. The highest BCUT2D eigenvalue weighted by molar-refractivity contribution is 4.92. The quantitative estimate of drug-likeness (QED) is 0.492. The van der Waals surface area contributed by atoms with E-state index in [1.54, 1.807) is 0 Å². The molecule has 1 aliphatic heterocycles. The molecule has 1 rings (SSSR count). The maximum absolute atomic E-state index is 8.45. The van der Waals surface area contributed by atoms with Crippen molar-refractivity contribution in [1.82, 2.24) is 0 Å². The largest absolute Gasteiger partial charge is 0.380 e. The summed E-state index contributed by atoms with van der Waals surface area (Å²) in [5.74, 6) is -0.0845. The molecule has 0 unspecified atom stereocenters. The maximum Gasteiger partial charge on any atom is 0.0848 e. The SMILES string of the molecule is N#C[C@H]1COCC[C@H]1N. The summed E-state index contributed by atoms with van der Waals surface area (Å²) in [7, 11) is 0. The second kappa shape index (κ2) is 2.81. The van der Waals surface area contributed by atoms with E-state index in [9.17, 15) is 0 Å². The lowest BCUT2D eigenvalue weighted by molar-refractivity contribution is 0.0615. The van der Waals surface area contributed by atoms with Gasteiger partial charge in [-0.2, -0.15) is 5.26 Å². The highest BCUT2D eigenvalue weighted by Gasteiger charge is 2.21. The van der Waals surface area contributed by atoms with Gasteiger partial charge in [0.05, 0.1) is 18.6 Å². The molecule has 0 radical (unpaired) electrons. The van der Waals surface area contributed by atoms with Gasteiger partial charge in [-0.05, 0) is 6.42 Å². The van der Waals surface area contributed by atoms with Crippen molar-refractivity contribution in [3.05, 3.63) is 0 Å². The lowest BCUT2D eigenvalue weighted by Gasteiger charge is -2.22. The van der Waals surface area contributed by atoms with Crippen LogP contribution in [0.2, 0.25) is 0 Å². The molecule has 2 N–H and O–H groups in total. The van der Waals surface area contributed by atoms with Gasteiger partial charge in [0, 0.05) is 12.6 Å². The van der Waals surface area contributed by atoms with Crippen molar-refractivity contribution in [2.24, 2.45) is 11.7 Å². The first-order valence-electron chi connectivity index (χ1n) is 3.07. The summed E-state index contributed by atoms with van der Waals surface area (Å²) >= 11 is 0. The summed E-state index contributed by atoms with van der Waals surface area (Å²) in [4.78, 5) is 0. The van der Waals surface area contributed by atoms with E-state index in [2.05, 4.69) is 6.07 Å². The van der Waals surface area contributed by atoms with Gasteiger partial charge in [-0.15, -0.1) is 0 Å². The van der Waals surface area contributed by atoms with Gasteiger partial charge >= 0.3 is 0 Å². The number of hydrogen-bond acceptors (Lipinski definition) is 3. The third kappa shape index (κ3) is 1.41. The molecule has 3 nitrogen and oxygen atoms in total. The van der Waals surface area contributed by atoms with Gasteiger partial charge in [0.25, 0.3) is 0 Å². The van der Waals surface area contributed by atoms with Crippen LogP contribution in [0.3, 0.4) is 0 Å².